The van der Waals surface area contributed by atoms with Crippen molar-refractivity contribution in [2.24, 2.45) is 5.73 Å². The summed E-state index contributed by atoms with van der Waals surface area (Å²) in [4.78, 5) is 4.36. The molecule has 0 saturated carbocycles. The highest BCUT2D eigenvalue weighted by Gasteiger charge is 2.19. The lowest BCUT2D eigenvalue weighted by molar-refractivity contribution is 0.460. The Morgan fingerprint density at radius 1 is 1.24 bits per heavy atom. The van der Waals surface area contributed by atoms with Crippen LogP contribution in [0, 0.1) is 6.92 Å². The van der Waals surface area contributed by atoms with Crippen molar-refractivity contribution in [1.82, 2.24) is 10.3 Å². The van der Waals surface area contributed by atoms with Crippen LogP contribution in [0.1, 0.15) is 35.4 Å². The molecule has 3 heteroatoms. The van der Waals surface area contributed by atoms with Crippen LogP contribution in [-0.2, 0) is 6.54 Å². The Hall–Kier alpha value is -1.71. The highest BCUT2D eigenvalue weighted by atomic mass is 14.9. The van der Waals surface area contributed by atoms with Gasteiger partial charge in [0.25, 0.3) is 0 Å². The summed E-state index contributed by atoms with van der Waals surface area (Å²) in [6.45, 7) is 4.94. The van der Waals surface area contributed by atoms with Crippen LogP contribution in [0.4, 0.5) is 0 Å². The maximum absolute atomic E-state index is 5.77. The average Bonchev–Trinajstić information content (AvgIpc) is 2.55. The summed E-state index contributed by atoms with van der Waals surface area (Å²) in [5.74, 6) is 0.615. The maximum atomic E-state index is 5.77. The molecular formula is C18H23N3. The Bertz CT molecular complexity index is 616. The minimum absolute atomic E-state index is 0.601. The van der Waals surface area contributed by atoms with Crippen LogP contribution in [0.3, 0.4) is 0 Å². The second-order valence-electron chi connectivity index (χ2n) is 5.83. The molecule has 3 N–H and O–H groups in total. The van der Waals surface area contributed by atoms with Crippen molar-refractivity contribution in [2.75, 3.05) is 13.1 Å². The van der Waals surface area contributed by atoms with Gasteiger partial charge in [0, 0.05) is 18.9 Å². The summed E-state index contributed by atoms with van der Waals surface area (Å²) < 4.78 is 0. The number of hydrogen-bond donors (Lipinski definition) is 2. The van der Waals surface area contributed by atoms with Gasteiger partial charge in [0.05, 0.1) is 0 Å². The minimum Gasteiger partial charge on any atom is -0.326 e. The quantitative estimate of drug-likeness (QED) is 0.909. The van der Waals surface area contributed by atoms with E-state index < -0.39 is 0 Å². The number of hydrogen-bond acceptors (Lipinski definition) is 3. The molecule has 0 unspecified atom stereocenters. The summed E-state index contributed by atoms with van der Waals surface area (Å²) in [6, 6.07) is 8.74. The molecule has 0 radical (unpaired) electrons. The summed E-state index contributed by atoms with van der Waals surface area (Å²) in [5, 5.41) is 3.43. The minimum atomic E-state index is 0.601. The van der Waals surface area contributed by atoms with Crippen LogP contribution in [0.15, 0.2) is 36.7 Å². The van der Waals surface area contributed by atoms with E-state index in [1.807, 2.05) is 6.20 Å². The SMILES string of the molecule is Cc1cc(-c2ccncc2C2CCNCC2)ccc1CN. The number of piperidine rings is 1. The summed E-state index contributed by atoms with van der Waals surface area (Å²) in [7, 11) is 0. The van der Waals surface area contributed by atoms with Crippen molar-refractivity contribution in [3.05, 3.63) is 53.3 Å². The van der Waals surface area contributed by atoms with Crippen LogP contribution >= 0.6 is 0 Å². The van der Waals surface area contributed by atoms with E-state index >= 15 is 0 Å². The van der Waals surface area contributed by atoms with Gasteiger partial charge in [-0.3, -0.25) is 4.98 Å². The molecule has 1 aromatic heterocycles. The van der Waals surface area contributed by atoms with E-state index in [9.17, 15) is 0 Å². The number of rotatable bonds is 3. The normalized spacial score (nSPS) is 16.1. The lowest BCUT2D eigenvalue weighted by atomic mass is 9.86. The number of aromatic nitrogens is 1. The Balaban J connectivity index is 2.00. The zero-order valence-corrected chi connectivity index (χ0v) is 12.6. The van der Waals surface area contributed by atoms with Crippen LogP contribution in [0.5, 0.6) is 0 Å². The van der Waals surface area contributed by atoms with Gasteiger partial charge in [-0.05, 0) is 72.7 Å². The molecule has 0 aliphatic carbocycles. The molecule has 1 aliphatic rings. The lowest BCUT2D eigenvalue weighted by Gasteiger charge is -2.25. The van der Waals surface area contributed by atoms with Crippen molar-refractivity contribution in [2.45, 2.75) is 32.2 Å². The van der Waals surface area contributed by atoms with Gasteiger partial charge in [0.1, 0.15) is 0 Å². The predicted octanol–water partition coefficient (Wildman–Crippen LogP) is 2.98. The number of pyridine rings is 1. The van der Waals surface area contributed by atoms with Gasteiger partial charge < -0.3 is 11.1 Å². The number of nitrogens with two attached hydrogens (primary N) is 1. The molecule has 1 saturated heterocycles. The van der Waals surface area contributed by atoms with Crippen LogP contribution in [-0.4, -0.2) is 18.1 Å². The molecule has 0 spiro atoms. The molecular weight excluding hydrogens is 258 g/mol. The molecule has 0 amide bonds. The first kappa shape index (κ1) is 14.2. The molecule has 3 nitrogen and oxygen atoms in total. The first-order valence-electron chi connectivity index (χ1n) is 7.74. The monoisotopic (exact) mass is 281 g/mol. The summed E-state index contributed by atoms with van der Waals surface area (Å²) in [6.07, 6.45) is 6.33. The first-order valence-corrected chi connectivity index (χ1v) is 7.74. The van der Waals surface area contributed by atoms with E-state index in [1.165, 1.54) is 40.7 Å². The van der Waals surface area contributed by atoms with Crippen LogP contribution in [0.25, 0.3) is 11.1 Å². The number of benzene rings is 1. The first-order chi connectivity index (χ1) is 10.3. The van der Waals surface area contributed by atoms with E-state index in [4.69, 9.17) is 5.73 Å². The number of nitrogens with one attached hydrogen (secondary N) is 1. The van der Waals surface area contributed by atoms with Crippen molar-refractivity contribution in [3.63, 3.8) is 0 Å². The predicted molar refractivity (Wildman–Crippen MR) is 87.1 cm³/mol. The highest BCUT2D eigenvalue weighted by molar-refractivity contribution is 5.68. The third-order valence-electron chi connectivity index (χ3n) is 4.50. The molecule has 1 fully saturated rings. The van der Waals surface area contributed by atoms with Gasteiger partial charge in [-0.2, -0.15) is 0 Å². The standard InChI is InChI=1S/C18H23N3/c1-13-10-15(2-3-16(13)11-19)17-6-9-21-12-18(17)14-4-7-20-8-5-14/h2-3,6,9-10,12,14,20H,4-5,7-8,11,19H2,1H3. The fourth-order valence-electron chi connectivity index (χ4n) is 3.22. The van der Waals surface area contributed by atoms with Gasteiger partial charge in [0.15, 0.2) is 0 Å². The van der Waals surface area contributed by atoms with Gasteiger partial charge >= 0.3 is 0 Å². The van der Waals surface area contributed by atoms with Crippen molar-refractivity contribution in [3.8, 4) is 11.1 Å². The van der Waals surface area contributed by atoms with E-state index in [2.05, 4.69) is 47.7 Å². The van der Waals surface area contributed by atoms with E-state index in [1.54, 1.807) is 0 Å². The molecule has 2 aromatic rings. The molecule has 3 rings (SSSR count). The topological polar surface area (TPSA) is 50.9 Å². The maximum Gasteiger partial charge on any atom is 0.0308 e. The van der Waals surface area contributed by atoms with Gasteiger partial charge in [-0.15, -0.1) is 0 Å². The Morgan fingerprint density at radius 2 is 2.05 bits per heavy atom. The number of nitrogens with zero attached hydrogens (tertiary/aromatic N) is 1. The fourth-order valence-corrected chi connectivity index (χ4v) is 3.22. The van der Waals surface area contributed by atoms with Gasteiger partial charge in [0.2, 0.25) is 0 Å². The van der Waals surface area contributed by atoms with E-state index in [0.29, 0.717) is 12.5 Å². The van der Waals surface area contributed by atoms with Crippen molar-refractivity contribution >= 4 is 0 Å². The second kappa shape index (κ2) is 6.37. The molecule has 1 aliphatic heterocycles. The van der Waals surface area contributed by atoms with Crippen molar-refractivity contribution < 1.29 is 0 Å². The molecule has 110 valence electrons. The van der Waals surface area contributed by atoms with E-state index in [0.717, 1.165) is 13.1 Å². The smallest absolute Gasteiger partial charge is 0.0308 e. The number of aryl methyl sites for hydroxylation is 1. The fraction of sp³-hybridized carbons (Fsp3) is 0.389. The Morgan fingerprint density at radius 3 is 2.76 bits per heavy atom. The van der Waals surface area contributed by atoms with Crippen LogP contribution in [0.2, 0.25) is 0 Å². The third-order valence-corrected chi connectivity index (χ3v) is 4.50. The molecule has 21 heavy (non-hydrogen) atoms. The zero-order valence-electron chi connectivity index (χ0n) is 12.6. The summed E-state index contributed by atoms with van der Waals surface area (Å²) in [5.41, 5.74) is 12.2. The average molecular weight is 281 g/mol. The molecule has 2 heterocycles. The van der Waals surface area contributed by atoms with Gasteiger partial charge in [-0.25, -0.2) is 0 Å². The zero-order chi connectivity index (χ0) is 14.7. The van der Waals surface area contributed by atoms with E-state index in [-0.39, 0.29) is 0 Å². The van der Waals surface area contributed by atoms with Crippen LogP contribution < -0.4 is 11.1 Å². The largest absolute Gasteiger partial charge is 0.326 e. The Labute approximate surface area is 126 Å². The highest BCUT2D eigenvalue weighted by Crippen LogP contribution is 2.34. The van der Waals surface area contributed by atoms with Gasteiger partial charge in [-0.1, -0.05) is 18.2 Å². The molecule has 1 aromatic carbocycles. The Kier molecular flexibility index (Phi) is 4.32. The second-order valence-corrected chi connectivity index (χ2v) is 5.83. The summed E-state index contributed by atoms with van der Waals surface area (Å²) >= 11 is 0. The molecule has 0 atom stereocenters. The third kappa shape index (κ3) is 2.99. The molecule has 0 bridgehead atoms. The lowest BCUT2D eigenvalue weighted by Crippen LogP contribution is -2.26. The van der Waals surface area contributed by atoms with Crippen molar-refractivity contribution in [1.29, 1.82) is 0 Å².